The van der Waals surface area contributed by atoms with Crippen molar-refractivity contribution in [3.8, 4) is 0 Å². The van der Waals surface area contributed by atoms with Gasteiger partial charge in [0.1, 0.15) is 0 Å². The standard InChI is InChI=1S/C7H15NO.B2/c1-4-5-8-7(9)6(2)3;1-2/h6H,4-5H2,1-3H3,(H,8,9);. The summed E-state index contributed by atoms with van der Waals surface area (Å²) in [5.74, 6) is 0.272. The molecule has 0 heterocycles. The van der Waals surface area contributed by atoms with Gasteiger partial charge in [0.2, 0.25) is 5.91 Å². The number of hydrogen-bond acceptors (Lipinski definition) is 1. The van der Waals surface area contributed by atoms with Gasteiger partial charge in [-0.05, 0) is 6.42 Å². The molecule has 4 radical (unpaired) electrons. The molecule has 0 spiro atoms. The predicted molar refractivity (Wildman–Crippen MR) is 49.6 cm³/mol. The average Bonchev–Trinajstić information content (AvgIpc) is 2.03. The lowest BCUT2D eigenvalue weighted by Gasteiger charge is -2.04. The van der Waals surface area contributed by atoms with E-state index in [-0.39, 0.29) is 11.8 Å². The van der Waals surface area contributed by atoms with E-state index in [0.29, 0.717) is 0 Å². The molecular formula is C7H15B2NO. The first-order chi connectivity index (χ1) is 5.18. The zero-order chi connectivity index (χ0) is 9.28. The molecule has 0 aliphatic carbocycles. The van der Waals surface area contributed by atoms with Crippen LogP contribution >= 0.6 is 0 Å². The fraction of sp³-hybridized carbons (Fsp3) is 0.857. The SMILES string of the molecule is CCCNC(=O)C(C)C.[B][B]. The molecule has 1 amide bonds. The van der Waals surface area contributed by atoms with E-state index in [1.807, 2.05) is 20.8 Å². The highest BCUT2D eigenvalue weighted by Crippen LogP contribution is 1.89. The summed E-state index contributed by atoms with van der Waals surface area (Å²) in [5, 5.41) is 2.79. The summed E-state index contributed by atoms with van der Waals surface area (Å²) in [4.78, 5) is 10.8. The Hall–Kier alpha value is -0.400. The first-order valence-electron chi connectivity index (χ1n) is 3.79. The Labute approximate surface area is 71.9 Å². The molecule has 0 rings (SSSR count). The van der Waals surface area contributed by atoms with Gasteiger partial charge in [-0.25, -0.2) is 0 Å². The van der Waals surface area contributed by atoms with E-state index in [1.165, 1.54) is 0 Å². The minimum atomic E-state index is 0.122. The number of carbonyl (C=O) groups excluding carboxylic acids is 1. The highest BCUT2D eigenvalue weighted by molar-refractivity contribution is 6.75. The molecule has 0 aliphatic heterocycles. The number of amides is 1. The lowest BCUT2D eigenvalue weighted by molar-refractivity contribution is -0.123. The maximum atomic E-state index is 10.8. The van der Waals surface area contributed by atoms with Crippen molar-refractivity contribution in [3.63, 3.8) is 0 Å². The van der Waals surface area contributed by atoms with Gasteiger partial charge in [-0.2, -0.15) is 0 Å². The Kier molecular flexibility index (Phi) is 11.5. The van der Waals surface area contributed by atoms with Crippen LogP contribution in [0, 0.1) is 5.92 Å². The fourth-order valence-corrected chi connectivity index (χ4v) is 0.452. The summed E-state index contributed by atoms with van der Waals surface area (Å²) in [6.07, 6.45) is 1.01. The van der Waals surface area contributed by atoms with Crippen LogP contribution in [-0.4, -0.2) is 27.9 Å². The highest BCUT2D eigenvalue weighted by atomic mass is 16.1. The topological polar surface area (TPSA) is 29.1 Å². The summed E-state index contributed by atoms with van der Waals surface area (Å²) in [5.41, 5.74) is 0. The first kappa shape index (κ1) is 13.2. The van der Waals surface area contributed by atoms with Crippen LogP contribution < -0.4 is 5.32 Å². The Morgan fingerprint density at radius 2 is 1.91 bits per heavy atom. The zero-order valence-electron chi connectivity index (χ0n) is 7.55. The maximum Gasteiger partial charge on any atom is 0.222 e. The van der Waals surface area contributed by atoms with E-state index in [1.54, 1.807) is 0 Å². The predicted octanol–water partition coefficient (Wildman–Crippen LogP) is 0.407. The molecule has 0 unspecified atom stereocenters. The summed E-state index contributed by atoms with van der Waals surface area (Å²) in [7, 11) is 8.00. The van der Waals surface area contributed by atoms with Crippen LogP contribution in [0.5, 0.6) is 0 Å². The first-order valence-corrected chi connectivity index (χ1v) is 3.79. The molecular weight excluding hydrogens is 136 g/mol. The molecule has 0 saturated carbocycles. The van der Waals surface area contributed by atoms with Gasteiger partial charge in [-0.15, -0.1) is 0 Å². The van der Waals surface area contributed by atoms with Crippen molar-refractivity contribution >= 4 is 21.4 Å². The van der Waals surface area contributed by atoms with E-state index >= 15 is 0 Å². The molecule has 2 nitrogen and oxygen atoms in total. The van der Waals surface area contributed by atoms with Gasteiger partial charge in [0.15, 0.2) is 0 Å². The monoisotopic (exact) mass is 151 g/mol. The summed E-state index contributed by atoms with van der Waals surface area (Å²) in [6, 6.07) is 0. The van der Waals surface area contributed by atoms with E-state index in [2.05, 4.69) is 20.8 Å². The second kappa shape index (κ2) is 9.60. The highest BCUT2D eigenvalue weighted by Gasteiger charge is 2.03. The van der Waals surface area contributed by atoms with Crippen molar-refractivity contribution < 1.29 is 4.79 Å². The number of carbonyl (C=O) groups is 1. The minimum absolute atomic E-state index is 0.122. The largest absolute Gasteiger partial charge is 0.356 e. The molecule has 0 fully saturated rings. The van der Waals surface area contributed by atoms with Crippen LogP contribution in [0.25, 0.3) is 0 Å². The number of nitrogens with one attached hydrogen (secondary N) is 1. The smallest absolute Gasteiger partial charge is 0.222 e. The number of hydrogen-bond donors (Lipinski definition) is 1. The Balaban J connectivity index is 0. The zero-order valence-corrected chi connectivity index (χ0v) is 7.55. The Morgan fingerprint density at radius 3 is 2.18 bits per heavy atom. The Bertz CT molecular complexity index is 96.4. The molecule has 0 aromatic heterocycles. The molecule has 0 bridgehead atoms. The summed E-state index contributed by atoms with van der Waals surface area (Å²) >= 11 is 0. The summed E-state index contributed by atoms with van der Waals surface area (Å²) < 4.78 is 0. The van der Waals surface area contributed by atoms with Gasteiger partial charge in [0.05, 0.1) is 0 Å². The molecule has 11 heavy (non-hydrogen) atoms. The fourth-order valence-electron chi connectivity index (χ4n) is 0.452. The lowest BCUT2D eigenvalue weighted by atomic mass is 9.81. The van der Waals surface area contributed by atoms with Crippen LogP contribution in [0.15, 0.2) is 0 Å². The lowest BCUT2D eigenvalue weighted by Crippen LogP contribution is -2.28. The van der Waals surface area contributed by atoms with Gasteiger partial charge in [0.25, 0.3) is 0 Å². The van der Waals surface area contributed by atoms with E-state index < -0.39 is 0 Å². The van der Waals surface area contributed by atoms with Crippen LogP contribution in [0.1, 0.15) is 27.2 Å². The Morgan fingerprint density at radius 1 is 1.45 bits per heavy atom. The van der Waals surface area contributed by atoms with Gasteiger partial charge in [-0.1, -0.05) is 20.8 Å². The maximum absolute atomic E-state index is 10.8. The van der Waals surface area contributed by atoms with E-state index in [4.69, 9.17) is 0 Å². The van der Waals surface area contributed by atoms with Crippen molar-refractivity contribution in [2.45, 2.75) is 27.2 Å². The molecule has 0 aromatic rings. The van der Waals surface area contributed by atoms with E-state index in [9.17, 15) is 4.79 Å². The molecule has 0 aromatic carbocycles. The van der Waals surface area contributed by atoms with Crippen LogP contribution in [0.3, 0.4) is 0 Å². The summed E-state index contributed by atoms with van der Waals surface area (Å²) in [6.45, 7) is 6.63. The molecule has 0 atom stereocenters. The van der Waals surface area contributed by atoms with Crippen molar-refractivity contribution in [3.05, 3.63) is 0 Å². The van der Waals surface area contributed by atoms with Crippen molar-refractivity contribution in [1.29, 1.82) is 0 Å². The normalized spacial score (nSPS) is 8.36. The van der Waals surface area contributed by atoms with Crippen LogP contribution in [-0.2, 0) is 4.79 Å². The molecule has 1 N–H and O–H groups in total. The van der Waals surface area contributed by atoms with Gasteiger partial charge < -0.3 is 5.32 Å². The third-order valence-corrected chi connectivity index (χ3v) is 1.07. The average molecular weight is 151 g/mol. The van der Waals surface area contributed by atoms with Crippen LogP contribution in [0.4, 0.5) is 0 Å². The second-order valence-electron chi connectivity index (χ2n) is 2.45. The quantitative estimate of drug-likeness (QED) is 0.581. The van der Waals surface area contributed by atoms with Gasteiger partial charge in [0, 0.05) is 27.9 Å². The van der Waals surface area contributed by atoms with Gasteiger partial charge >= 0.3 is 0 Å². The molecule has 4 heteroatoms. The molecule has 60 valence electrons. The minimum Gasteiger partial charge on any atom is -0.356 e. The van der Waals surface area contributed by atoms with Crippen molar-refractivity contribution in [2.24, 2.45) is 5.92 Å². The molecule has 0 aliphatic rings. The number of rotatable bonds is 3. The third kappa shape index (κ3) is 9.60. The van der Waals surface area contributed by atoms with Crippen molar-refractivity contribution in [1.82, 2.24) is 5.32 Å². The van der Waals surface area contributed by atoms with Gasteiger partial charge in [-0.3, -0.25) is 4.79 Å². The van der Waals surface area contributed by atoms with Crippen LogP contribution in [0.2, 0.25) is 0 Å². The van der Waals surface area contributed by atoms with E-state index in [0.717, 1.165) is 13.0 Å². The molecule has 0 saturated heterocycles. The van der Waals surface area contributed by atoms with Crippen molar-refractivity contribution in [2.75, 3.05) is 6.54 Å². The second-order valence-corrected chi connectivity index (χ2v) is 2.45. The third-order valence-electron chi connectivity index (χ3n) is 1.07.